The van der Waals surface area contributed by atoms with Gasteiger partial charge in [-0.05, 0) is 61.4 Å². The van der Waals surface area contributed by atoms with Crippen LogP contribution in [0.4, 0.5) is 5.69 Å². The Morgan fingerprint density at radius 3 is 2.48 bits per heavy atom. The first kappa shape index (κ1) is 23.6. The summed E-state index contributed by atoms with van der Waals surface area (Å²) in [6.45, 7) is 10.0. The third-order valence-corrected chi connectivity index (χ3v) is 7.18. The number of likely N-dealkylation sites (tertiary alicyclic amines) is 2. The summed E-state index contributed by atoms with van der Waals surface area (Å²) in [6.07, 6.45) is 3.41. The molecule has 33 heavy (non-hydrogen) atoms. The van der Waals surface area contributed by atoms with Gasteiger partial charge in [-0.25, -0.2) is 0 Å². The summed E-state index contributed by atoms with van der Waals surface area (Å²) in [5.74, 6) is 1.71. The molecule has 0 aliphatic carbocycles. The number of carbonyl (C=O) groups excluding carboxylic acids is 1. The highest BCUT2D eigenvalue weighted by Crippen LogP contribution is 2.41. The highest BCUT2D eigenvalue weighted by Gasteiger charge is 2.41. The number of piperidine rings is 1. The Morgan fingerprint density at radius 2 is 1.76 bits per heavy atom. The van der Waals surface area contributed by atoms with Gasteiger partial charge in [-0.2, -0.15) is 0 Å². The van der Waals surface area contributed by atoms with Gasteiger partial charge in [-0.1, -0.05) is 38.1 Å². The van der Waals surface area contributed by atoms with Crippen LogP contribution in [0.3, 0.4) is 0 Å². The molecular formula is C28H39N3O2. The van der Waals surface area contributed by atoms with Crippen molar-refractivity contribution in [3.8, 4) is 5.75 Å². The third-order valence-electron chi connectivity index (χ3n) is 7.18. The number of carbonyl (C=O) groups is 1. The first-order valence-corrected chi connectivity index (χ1v) is 12.3. The van der Waals surface area contributed by atoms with Gasteiger partial charge in [0.2, 0.25) is 0 Å². The van der Waals surface area contributed by atoms with E-state index < -0.39 is 0 Å². The lowest BCUT2D eigenvalue weighted by atomic mass is 9.77. The van der Waals surface area contributed by atoms with E-state index in [1.165, 1.54) is 12.0 Å². The topological polar surface area (TPSA) is 36.0 Å². The van der Waals surface area contributed by atoms with Gasteiger partial charge in [0.15, 0.2) is 0 Å². The molecule has 1 spiro atoms. The Bertz CT molecular complexity index is 948. The van der Waals surface area contributed by atoms with Crippen molar-refractivity contribution in [1.29, 1.82) is 0 Å². The van der Waals surface area contributed by atoms with Gasteiger partial charge in [-0.15, -0.1) is 0 Å². The number of rotatable bonds is 7. The molecule has 0 radical (unpaired) electrons. The van der Waals surface area contributed by atoms with Crippen molar-refractivity contribution in [2.75, 3.05) is 51.8 Å². The summed E-state index contributed by atoms with van der Waals surface area (Å²) in [5.41, 5.74) is 3.49. The number of hydrogen-bond donors (Lipinski definition) is 0. The molecule has 0 aromatic heterocycles. The number of nitrogens with zero attached hydrogens (tertiary/aromatic N) is 3. The molecule has 178 valence electrons. The van der Waals surface area contributed by atoms with E-state index in [1.807, 2.05) is 43.3 Å². The lowest BCUT2D eigenvalue weighted by Gasteiger charge is -2.39. The number of para-hydroxylation sites is 1. The van der Waals surface area contributed by atoms with E-state index in [-0.39, 0.29) is 5.91 Å². The van der Waals surface area contributed by atoms with Crippen LogP contribution in [0.25, 0.3) is 0 Å². The van der Waals surface area contributed by atoms with Gasteiger partial charge in [0.05, 0.1) is 6.61 Å². The normalized spacial score (nSPS) is 18.2. The third kappa shape index (κ3) is 5.70. The van der Waals surface area contributed by atoms with Gasteiger partial charge >= 0.3 is 0 Å². The van der Waals surface area contributed by atoms with E-state index >= 15 is 0 Å². The molecule has 0 atom stereocenters. The first-order chi connectivity index (χ1) is 15.8. The minimum absolute atomic E-state index is 0.166. The minimum Gasteiger partial charge on any atom is -0.493 e. The first-order valence-electron chi connectivity index (χ1n) is 12.3. The van der Waals surface area contributed by atoms with E-state index in [4.69, 9.17) is 4.74 Å². The van der Waals surface area contributed by atoms with Crippen LogP contribution in [0.2, 0.25) is 0 Å². The zero-order valence-corrected chi connectivity index (χ0v) is 20.7. The maximum atomic E-state index is 13.1. The lowest BCUT2D eigenvalue weighted by Crippen LogP contribution is -2.44. The quantitative estimate of drug-likeness (QED) is 0.601. The number of ether oxygens (including phenoxy) is 1. The molecule has 2 aliphatic heterocycles. The van der Waals surface area contributed by atoms with Crippen LogP contribution in [0.5, 0.6) is 5.75 Å². The van der Waals surface area contributed by atoms with Crippen molar-refractivity contribution in [2.24, 2.45) is 11.3 Å². The van der Waals surface area contributed by atoms with Crippen LogP contribution < -0.4 is 9.64 Å². The number of amides is 1. The molecule has 0 bridgehead atoms. The molecule has 2 fully saturated rings. The summed E-state index contributed by atoms with van der Waals surface area (Å²) in [7, 11) is 4.02. The van der Waals surface area contributed by atoms with Gasteiger partial charge in [0, 0.05) is 57.1 Å². The summed E-state index contributed by atoms with van der Waals surface area (Å²) in [5, 5.41) is 0. The Balaban J connectivity index is 1.33. The second kappa shape index (κ2) is 10.2. The highest BCUT2D eigenvalue weighted by molar-refractivity contribution is 5.95. The second-order valence-corrected chi connectivity index (χ2v) is 10.5. The van der Waals surface area contributed by atoms with Crippen LogP contribution >= 0.6 is 0 Å². The van der Waals surface area contributed by atoms with E-state index in [2.05, 4.69) is 47.9 Å². The Morgan fingerprint density at radius 1 is 1.03 bits per heavy atom. The monoisotopic (exact) mass is 449 g/mol. The van der Waals surface area contributed by atoms with E-state index in [0.29, 0.717) is 11.3 Å². The fourth-order valence-electron chi connectivity index (χ4n) is 5.13. The number of hydrogen-bond acceptors (Lipinski definition) is 4. The van der Waals surface area contributed by atoms with Crippen molar-refractivity contribution in [1.82, 2.24) is 9.80 Å². The second-order valence-electron chi connectivity index (χ2n) is 10.5. The maximum Gasteiger partial charge on any atom is 0.253 e. The Kier molecular flexibility index (Phi) is 7.28. The molecule has 4 rings (SSSR count). The van der Waals surface area contributed by atoms with E-state index in [0.717, 1.165) is 69.2 Å². The number of benzene rings is 2. The summed E-state index contributed by atoms with van der Waals surface area (Å²) < 4.78 is 6.08. The molecule has 0 saturated carbocycles. The summed E-state index contributed by atoms with van der Waals surface area (Å²) in [6, 6.07) is 16.4. The number of anilines is 1. The minimum atomic E-state index is 0.166. The van der Waals surface area contributed by atoms with Crippen LogP contribution in [0.15, 0.2) is 48.5 Å². The Labute approximate surface area is 199 Å². The highest BCUT2D eigenvalue weighted by atomic mass is 16.5. The molecule has 2 heterocycles. The summed E-state index contributed by atoms with van der Waals surface area (Å²) >= 11 is 0. The van der Waals surface area contributed by atoms with Crippen LogP contribution in [-0.2, 0) is 6.54 Å². The smallest absolute Gasteiger partial charge is 0.253 e. The molecule has 5 heteroatoms. The van der Waals surface area contributed by atoms with Crippen molar-refractivity contribution in [2.45, 2.75) is 39.7 Å². The zero-order chi connectivity index (χ0) is 23.4. The molecule has 2 saturated heterocycles. The standard InChI is InChI=1S/C28H39N3O2/c1-22(2)20-33-26-11-6-5-8-24(26)19-30-15-12-28(21-30)13-16-31(17-14-28)27(32)23-9-7-10-25(18-23)29(3)4/h5-11,18,22H,12-17,19-21H2,1-4H3. The molecule has 2 aliphatic rings. The lowest BCUT2D eigenvalue weighted by molar-refractivity contribution is 0.0587. The average Bonchev–Trinajstić information content (AvgIpc) is 3.20. The predicted octanol–water partition coefficient (Wildman–Crippen LogP) is 4.92. The van der Waals surface area contributed by atoms with Gasteiger partial charge in [-0.3, -0.25) is 9.69 Å². The fourth-order valence-corrected chi connectivity index (χ4v) is 5.13. The van der Waals surface area contributed by atoms with Gasteiger partial charge in [0.25, 0.3) is 5.91 Å². The molecule has 1 amide bonds. The molecule has 2 aromatic carbocycles. The van der Waals surface area contributed by atoms with Crippen molar-refractivity contribution < 1.29 is 9.53 Å². The molecule has 5 nitrogen and oxygen atoms in total. The van der Waals surface area contributed by atoms with Crippen LogP contribution in [-0.4, -0.2) is 62.6 Å². The Hall–Kier alpha value is -2.53. The molecule has 0 N–H and O–H groups in total. The SMILES string of the molecule is CC(C)COc1ccccc1CN1CCC2(CCN(C(=O)c3cccc(N(C)C)c3)CC2)C1. The van der Waals surface area contributed by atoms with Crippen molar-refractivity contribution >= 4 is 11.6 Å². The van der Waals surface area contributed by atoms with Gasteiger partial charge < -0.3 is 14.5 Å². The molecule has 2 aromatic rings. The fraction of sp³-hybridized carbons (Fsp3) is 0.536. The summed E-state index contributed by atoms with van der Waals surface area (Å²) in [4.78, 5) is 19.8. The average molecular weight is 450 g/mol. The predicted molar refractivity (Wildman–Crippen MR) is 135 cm³/mol. The van der Waals surface area contributed by atoms with Crippen LogP contribution in [0.1, 0.15) is 49.0 Å². The van der Waals surface area contributed by atoms with E-state index in [1.54, 1.807) is 0 Å². The largest absolute Gasteiger partial charge is 0.493 e. The van der Waals surface area contributed by atoms with Crippen molar-refractivity contribution in [3.63, 3.8) is 0 Å². The van der Waals surface area contributed by atoms with Crippen molar-refractivity contribution in [3.05, 3.63) is 59.7 Å². The van der Waals surface area contributed by atoms with Crippen LogP contribution in [0, 0.1) is 11.3 Å². The van der Waals surface area contributed by atoms with E-state index in [9.17, 15) is 4.79 Å². The molecule has 0 unspecified atom stereocenters. The molecular weight excluding hydrogens is 410 g/mol. The maximum absolute atomic E-state index is 13.1. The zero-order valence-electron chi connectivity index (χ0n) is 20.7. The van der Waals surface area contributed by atoms with Gasteiger partial charge in [0.1, 0.15) is 5.75 Å².